The summed E-state index contributed by atoms with van der Waals surface area (Å²) in [6.07, 6.45) is 4.48. The minimum atomic E-state index is -0.212. The van der Waals surface area contributed by atoms with E-state index in [4.69, 9.17) is 16.3 Å². The van der Waals surface area contributed by atoms with E-state index in [0.29, 0.717) is 33.9 Å². The highest BCUT2D eigenvalue weighted by Gasteiger charge is 2.29. The molecule has 1 saturated carbocycles. The Balaban J connectivity index is 1.79. The molecule has 2 atom stereocenters. The number of rotatable bonds is 5. The van der Waals surface area contributed by atoms with Crippen LogP contribution >= 0.6 is 23.4 Å². The first-order valence-electron chi connectivity index (χ1n) is 9.79. The van der Waals surface area contributed by atoms with Crippen LogP contribution in [0, 0.1) is 5.92 Å². The van der Waals surface area contributed by atoms with Crippen LogP contribution in [0.1, 0.15) is 39.5 Å². The summed E-state index contributed by atoms with van der Waals surface area (Å²) in [7, 11) is 0. The van der Waals surface area contributed by atoms with Gasteiger partial charge in [-0.3, -0.25) is 14.5 Å². The number of nitrogens with one attached hydrogen (secondary N) is 1. The predicted octanol–water partition coefficient (Wildman–Crippen LogP) is 4.36. The van der Waals surface area contributed by atoms with Crippen LogP contribution in [0.3, 0.4) is 0 Å². The van der Waals surface area contributed by atoms with E-state index in [-0.39, 0.29) is 24.4 Å². The number of amides is 2. The lowest BCUT2D eigenvalue weighted by molar-refractivity contribution is -0.123. The second-order valence-electron chi connectivity index (χ2n) is 7.39. The molecule has 2 amide bonds. The van der Waals surface area contributed by atoms with Gasteiger partial charge in [0.1, 0.15) is 17.2 Å². The van der Waals surface area contributed by atoms with Gasteiger partial charge in [-0.25, -0.2) is 0 Å². The van der Waals surface area contributed by atoms with Crippen molar-refractivity contribution in [3.63, 3.8) is 0 Å². The SMILES string of the molecule is CC1=C(C(=O)N(CC(=O)N[C@@H]2CCCC[C@H]2C)c2ccc(Cl)cc2)SCCO1. The van der Waals surface area contributed by atoms with Gasteiger partial charge in [0.2, 0.25) is 5.91 Å². The van der Waals surface area contributed by atoms with Crippen molar-refractivity contribution < 1.29 is 14.3 Å². The minimum Gasteiger partial charge on any atom is -0.496 e. The van der Waals surface area contributed by atoms with E-state index in [1.54, 1.807) is 31.2 Å². The van der Waals surface area contributed by atoms with Crippen LogP contribution in [0.5, 0.6) is 0 Å². The van der Waals surface area contributed by atoms with Crippen molar-refractivity contribution in [1.82, 2.24) is 5.32 Å². The normalized spacial score (nSPS) is 22.4. The van der Waals surface area contributed by atoms with E-state index < -0.39 is 0 Å². The Bertz CT molecular complexity index is 751. The molecule has 3 rings (SSSR count). The summed E-state index contributed by atoms with van der Waals surface area (Å²) in [5.74, 6) is 1.45. The third-order valence-electron chi connectivity index (χ3n) is 5.31. The molecule has 1 aliphatic heterocycles. The molecule has 0 radical (unpaired) electrons. The number of thioether (sulfide) groups is 1. The summed E-state index contributed by atoms with van der Waals surface area (Å²) in [5, 5.41) is 3.72. The third kappa shape index (κ3) is 5.23. The van der Waals surface area contributed by atoms with Crippen molar-refractivity contribution in [2.24, 2.45) is 5.92 Å². The fraction of sp³-hybridized carbons (Fsp3) is 0.524. The average molecular weight is 423 g/mol. The molecule has 1 aromatic rings. The molecule has 1 aliphatic carbocycles. The highest BCUT2D eigenvalue weighted by molar-refractivity contribution is 8.04. The summed E-state index contributed by atoms with van der Waals surface area (Å²) in [4.78, 5) is 28.1. The lowest BCUT2D eigenvalue weighted by Crippen LogP contribution is -2.47. The lowest BCUT2D eigenvalue weighted by atomic mass is 9.86. The van der Waals surface area contributed by atoms with E-state index in [2.05, 4.69) is 12.2 Å². The van der Waals surface area contributed by atoms with Crippen molar-refractivity contribution in [1.29, 1.82) is 0 Å². The molecule has 1 heterocycles. The molecule has 0 unspecified atom stereocenters. The highest BCUT2D eigenvalue weighted by Crippen LogP contribution is 2.30. The van der Waals surface area contributed by atoms with Gasteiger partial charge in [-0.2, -0.15) is 0 Å². The molecule has 0 bridgehead atoms. The van der Waals surface area contributed by atoms with Crippen LogP contribution in [-0.2, 0) is 14.3 Å². The molecule has 0 spiro atoms. The second-order valence-corrected chi connectivity index (χ2v) is 8.93. The van der Waals surface area contributed by atoms with E-state index in [1.807, 2.05) is 0 Å². The number of anilines is 1. The number of ether oxygens (including phenoxy) is 1. The summed E-state index contributed by atoms with van der Waals surface area (Å²) in [6, 6.07) is 7.16. The zero-order chi connectivity index (χ0) is 20.1. The van der Waals surface area contributed by atoms with Gasteiger partial charge < -0.3 is 10.1 Å². The quantitative estimate of drug-likeness (QED) is 0.765. The molecular formula is C21H27ClN2O3S. The van der Waals surface area contributed by atoms with Crippen molar-refractivity contribution >= 4 is 40.9 Å². The number of carbonyl (C=O) groups excluding carboxylic acids is 2. The number of benzene rings is 1. The Morgan fingerprint density at radius 2 is 1.96 bits per heavy atom. The molecule has 7 heteroatoms. The van der Waals surface area contributed by atoms with Crippen molar-refractivity contribution in [2.75, 3.05) is 23.8 Å². The Kier molecular flexibility index (Phi) is 7.30. The largest absolute Gasteiger partial charge is 0.496 e. The summed E-state index contributed by atoms with van der Waals surface area (Å²) in [6.45, 7) is 4.54. The Labute approximate surface area is 175 Å². The van der Waals surface area contributed by atoms with Gasteiger partial charge in [0.05, 0.1) is 6.61 Å². The molecule has 1 aromatic carbocycles. The van der Waals surface area contributed by atoms with Gasteiger partial charge in [-0.05, 0) is 49.9 Å². The van der Waals surface area contributed by atoms with E-state index in [9.17, 15) is 9.59 Å². The fourth-order valence-corrected chi connectivity index (χ4v) is 4.66. The first-order chi connectivity index (χ1) is 13.5. The molecule has 0 saturated heterocycles. The molecule has 0 aromatic heterocycles. The maximum atomic E-state index is 13.2. The Morgan fingerprint density at radius 3 is 2.64 bits per heavy atom. The van der Waals surface area contributed by atoms with Crippen molar-refractivity contribution in [3.8, 4) is 0 Å². The van der Waals surface area contributed by atoms with Gasteiger partial charge in [0, 0.05) is 22.5 Å². The Hall–Kier alpha value is -1.66. The molecule has 152 valence electrons. The van der Waals surface area contributed by atoms with E-state index in [1.165, 1.54) is 23.1 Å². The summed E-state index contributed by atoms with van der Waals surface area (Å²) < 4.78 is 5.55. The molecular weight excluding hydrogens is 396 g/mol. The molecule has 28 heavy (non-hydrogen) atoms. The number of nitrogens with zero attached hydrogens (tertiary/aromatic N) is 1. The van der Waals surface area contributed by atoms with E-state index >= 15 is 0 Å². The fourth-order valence-electron chi connectivity index (χ4n) is 3.67. The lowest BCUT2D eigenvalue weighted by Gasteiger charge is -2.31. The maximum Gasteiger partial charge on any atom is 0.268 e. The van der Waals surface area contributed by atoms with Crippen LogP contribution in [0.4, 0.5) is 5.69 Å². The number of carbonyl (C=O) groups is 2. The predicted molar refractivity (Wildman–Crippen MR) is 114 cm³/mol. The zero-order valence-electron chi connectivity index (χ0n) is 16.4. The molecule has 5 nitrogen and oxygen atoms in total. The van der Waals surface area contributed by atoms with Crippen molar-refractivity contribution in [3.05, 3.63) is 40.0 Å². The van der Waals surface area contributed by atoms with Crippen molar-refractivity contribution in [2.45, 2.75) is 45.6 Å². The standard InChI is InChI=1S/C21H27ClN2O3S/c1-14-5-3-4-6-18(14)23-19(25)13-24(17-9-7-16(22)8-10-17)21(26)20-15(2)27-11-12-28-20/h7-10,14,18H,3-6,11-13H2,1-2H3,(H,23,25)/t14-,18-/m1/s1. The number of hydrogen-bond acceptors (Lipinski definition) is 4. The smallest absolute Gasteiger partial charge is 0.268 e. The Morgan fingerprint density at radius 1 is 1.25 bits per heavy atom. The zero-order valence-corrected chi connectivity index (χ0v) is 17.9. The van der Waals surface area contributed by atoms with Crippen LogP contribution in [0.2, 0.25) is 5.02 Å². The first kappa shape index (κ1) is 21.1. The summed E-state index contributed by atoms with van der Waals surface area (Å²) >= 11 is 7.48. The van der Waals surface area contributed by atoms with Crippen LogP contribution < -0.4 is 10.2 Å². The molecule has 1 N–H and O–H groups in total. The van der Waals surface area contributed by atoms with Crippen LogP contribution in [-0.4, -0.2) is 36.8 Å². The number of allylic oxidation sites excluding steroid dienone is 1. The van der Waals surface area contributed by atoms with Gasteiger partial charge in [0.25, 0.3) is 5.91 Å². The highest BCUT2D eigenvalue weighted by atomic mass is 35.5. The number of hydrogen-bond donors (Lipinski definition) is 1. The summed E-state index contributed by atoms with van der Waals surface area (Å²) in [5.41, 5.74) is 0.646. The van der Waals surface area contributed by atoms with Gasteiger partial charge >= 0.3 is 0 Å². The monoisotopic (exact) mass is 422 g/mol. The molecule has 2 aliphatic rings. The third-order valence-corrected chi connectivity index (χ3v) is 6.68. The van der Waals surface area contributed by atoms with Gasteiger partial charge in [-0.1, -0.05) is 31.4 Å². The minimum absolute atomic E-state index is 0.0268. The average Bonchev–Trinajstić information content (AvgIpc) is 2.69. The van der Waals surface area contributed by atoms with Crippen LogP contribution in [0.25, 0.3) is 0 Å². The first-order valence-corrected chi connectivity index (χ1v) is 11.2. The molecule has 1 fully saturated rings. The topological polar surface area (TPSA) is 58.6 Å². The van der Waals surface area contributed by atoms with Crippen LogP contribution in [0.15, 0.2) is 34.9 Å². The maximum absolute atomic E-state index is 13.2. The number of halogens is 1. The second kappa shape index (κ2) is 9.70. The van der Waals surface area contributed by atoms with Gasteiger partial charge in [-0.15, -0.1) is 11.8 Å². The van der Waals surface area contributed by atoms with E-state index in [0.717, 1.165) is 25.0 Å². The van der Waals surface area contributed by atoms with Gasteiger partial charge in [0.15, 0.2) is 0 Å².